The Hall–Kier alpha value is -0.470. The number of hydrogen-bond donors (Lipinski definition) is 1. The lowest BCUT2D eigenvalue weighted by Crippen LogP contribution is -2.41. The maximum atomic E-state index is 12.7. The molecular formula is C13H21NO4S2. The van der Waals surface area contributed by atoms with Crippen molar-refractivity contribution < 1.29 is 18.3 Å². The standard InChI is InChI=1S/C13H21NO4S2/c1-3-18-11-4-6-14(7-5-11)20(16,17)13-10(2)9-19-12(13)8-15/h9,11,15H,3-8H2,1-2H3. The molecule has 5 nitrogen and oxygen atoms in total. The fraction of sp³-hybridized carbons (Fsp3) is 0.692. The van der Waals surface area contributed by atoms with Gasteiger partial charge in [0.2, 0.25) is 10.0 Å². The maximum Gasteiger partial charge on any atom is 0.244 e. The number of thiophene rings is 1. The van der Waals surface area contributed by atoms with Crippen LogP contribution in [-0.4, -0.2) is 43.6 Å². The Morgan fingerprint density at radius 2 is 2.10 bits per heavy atom. The summed E-state index contributed by atoms with van der Waals surface area (Å²) in [4.78, 5) is 0.814. The summed E-state index contributed by atoms with van der Waals surface area (Å²) in [7, 11) is -3.50. The van der Waals surface area contributed by atoms with Gasteiger partial charge in [-0.2, -0.15) is 4.31 Å². The first kappa shape index (κ1) is 15.9. The summed E-state index contributed by atoms with van der Waals surface area (Å²) in [5, 5.41) is 11.1. The van der Waals surface area contributed by atoms with E-state index in [1.54, 1.807) is 12.3 Å². The predicted octanol–water partition coefficient (Wildman–Crippen LogP) is 1.74. The second-order valence-electron chi connectivity index (χ2n) is 4.89. The van der Waals surface area contributed by atoms with Gasteiger partial charge in [0.05, 0.1) is 17.6 Å². The van der Waals surface area contributed by atoms with E-state index in [1.807, 2.05) is 6.92 Å². The van der Waals surface area contributed by atoms with Crippen LogP contribution in [0.3, 0.4) is 0 Å². The zero-order chi connectivity index (χ0) is 14.8. The van der Waals surface area contributed by atoms with Gasteiger partial charge < -0.3 is 9.84 Å². The largest absolute Gasteiger partial charge is 0.391 e. The van der Waals surface area contributed by atoms with E-state index in [0.29, 0.717) is 35.0 Å². The lowest BCUT2D eigenvalue weighted by Gasteiger charge is -2.31. The number of sulfonamides is 1. The number of rotatable bonds is 5. The van der Waals surface area contributed by atoms with Crippen molar-refractivity contribution in [3.63, 3.8) is 0 Å². The molecule has 0 unspecified atom stereocenters. The third-order valence-corrected chi connectivity index (χ3v) is 6.88. The first-order chi connectivity index (χ1) is 9.50. The summed E-state index contributed by atoms with van der Waals surface area (Å²) in [5.41, 5.74) is 0.714. The molecule has 1 aliphatic rings. The number of aliphatic hydroxyl groups excluding tert-OH is 1. The van der Waals surface area contributed by atoms with Gasteiger partial charge >= 0.3 is 0 Å². The Morgan fingerprint density at radius 1 is 1.45 bits per heavy atom. The molecule has 1 aromatic heterocycles. The molecule has 1 fully saturated rings. The van der Waals surface area contributed by atoms with Crippen molar-refractivity contribution in [2.75, 3.05) is 19.7 Å². The molecule has 0 atom stereocenters. The molecule has 0 aromatic carbocycles. The van der Waals surface area contributed by atoms with Gasteiger partial charge in [-0.05, 0) is 37.6 Å². The van der Waals surface area contributed by atoms with Gasteiger partial charge in [0.25, 0.3) is 0 Å². The maximum absolute atomic E-state index is 12.7. The fourth-order valence-corrected chi connectivity index (χ4v) is 5.63. The SMILES string of the molecule is CCOC1CCN(S(=O)(=O)c2c(C)csc2CO)CC1. The van der Waals surface area contributed by atoms with Crippen molar-refractivity contribution in [3.8, 4) is 0 Å². The molecule has 0 amide bonds. The highest BCUT2D eigenvalue weighted by Crippen LogP contribution is 2.31. The third kappa shape index (κ3) is 3.07. The number of piperidine rings is 1. The van der Waals surface area contributed by atoms with E-state index >= 15 is 0 Å². The minimum absolute atomic E-state index is 0.160. The van der Waals surface area contributed by atoms with Crippen molar-refractivity contribution >= 4 is 21.4 Å². The predicted molar refractivity (Wildman–Crippen MR) is 78.4 cm³/mol. The fourth-order valence-electron chi connectivity index (χ4n) is 2.55. The first-order valence-corrected chi connectivity index (χ1v) is 9.12. The van der Waals surface area contributed by atoms with Crippen LogP contribution in [0.1, 0.15) is 30.2 Å². The molecule has 7 heteroatoms. The van der Waals surface area contributed by atoms with Gasteiger partial charge in [0.1, 0.15) is 4.90 Å². The number of hydrogen-bond acceptors (Lipinski definition) is 5. The first-order valence-electron chi connectivity index (χ1n) is 6.80. The van der Waals surface area contributed by atoms with Gasteiger partial charge in [-0.1, -0.05) is 0 Å². The van der Waals surface area contributed by atoms with Crippen LogP contribution in [0.5, 0.6) is 0 Å². The van der Waals surface area contributed by atoms with E-state index in [1.165, 1.54) is 15.6 Å². The zero-order valence-corrected chi connectivity index (χ0v) is 13.5. The van der Waals surface area contributed by atoms with Crippen molar-refractivity contribution in [2.24, 2.45) is 0 Å². The van der Waals surface area contributed by atoms with Crippen molar-refractivity contribution in [3.05, 3.63) is 15.8 Å². The summed E-state index contributed by atoms with van der Waals surface area (Å²) < 4.78 is 32.4. The van der Waals surface area contributed by atoms with Crippen molar-refractivity contribution in [2.45, 2.75) is 44.3 Å². The van der Waals surface area contributed by atoms with Gasteiger partial charge in [-0.15, -0.1) is 11.3 Å². The Bertz CT molecular complexity index is 545. The molecule has 1 aromatic rings. The zero-order valence-electron chi connectivity index (χ0n) is 11.8. The second-order valence-corrected chi connectivity index (χ2v) is 7.73. The molecule has 1 N–H and O–H groups in total. The minimum Gasteiger partial charge on any atom is -0.391 e. The third-order valence-electron chi connectivity index (χ3n) is 3.53. The monoisotopic (exact) mass is 319 g/mol. The van der Waals surface area contributed by atoms with E-state index in [9.17, 15) is 13.5 Å². The van der Waals surface area contributed by atoms with Crippen LogP contribution in [0.2, 0.25) is 0 Å². The molecule has 2 rings (SSSR count). The number of nitrogens with zero attached hydrogens (tertiary/aromatic N) is 1. The van der Waals surface area contributed by atoms with E-state index in [4.69, 9.17) is 4.74 Å². The van der Waals surface area contributed by atoms with Crippen LogP contribution in [0.4, 0.5) is 0 Å². The molecule has 1 aliphatic heterocycles. The Morgan fingerprint density at radius 3 is 2.65 bits per heavy atom. The lowest BCUT2D eigenvalue weighted by molar-refractivity contribution is 0.0290. The Kier molecular flexibility index (Phi) is 5.19. The average Bonchev–Trinajstić information content (AvgIpc) is 2.81. The van der Waals surface area contributed by atoms with E-state index in [0.717, 1.165) is 12.8 Å². The number of aliphatic hydroxyl groups is 1. The highest BCUT2D eigenvalue weighted by Gasteiger charge is 2.32. The smallest absolute Gasteiger partial charge is 0.244 e. The van der Waals surface area contributed by atoms with Crippen LogP contribution in [0.15, 0.2) is 10.3 Å². The van der Waals surface area contributed by atoms with E-state index in [-0.39, 0.29) is 12.7 Å². The van der Waals surface area contributed by atoms with Crippen LogP contribution in [-0.2, 0) is 21.4 Å². The molecular weight excluding hydrogens is 298 g/mol. The molecule has 1 saturated heterocycles. The van der Waals surface area contributed by atoms with Gasteiger partial charge in [-0.3, -0.25) is 0 Å². The summed E-state index contributed by atoms with van der Waals surface area (Å²) in [6.07, 6.45) is 1.61. The molecule has 2 heterocycles. The van der Waals surface area contributed by atoms with Gasteiger partial charge in [0.15, 0.2) is 0 Å². The number of ether oxygens (including phenoxy) is 1. The second kappa shape index (κ2) is 6.53. The van der Waals surface area contributed by atoms with Crippen LogP contribution in [0.25, 0.3) is 0 Å². The molecule has 0 bridgehead atoms. The average molecular weight is 319 g/mol. The van der Waals surface area contributed by atoms with Crippen LogP contribution in [0, 0.1) is 6.92 Å². The molecule has 0 radical (unpaired) electrons. The summed E-state index contributed by atoms with van der Waals surface area (Å²) in [6, 6.07) is 0. The Labute approximate surface area is 124 Å². The van der Waals surface area contributed by atoms with Crippen LogP contribution >= 0.6 is 11.3 Å². The lowest BCUT2D eigenvalue weighted by atomic mass is 10.1. The molecule has 0 saturated carbocycles. The van der Waals surface area contributed by atoms with Crippen LogP contribution < -0.4 is 0 Å². The van der Waals surface area contributed by atoms with E-state index < -0.39 is 10.0 Å². The van der Waals surface area contributed by atoms with E-state index in [2.05, 4.69) is 0 Å². The van der Waals surface area contributed by atoms with Gasteiger partial charge in [0, 0.05) is 19.7 Å². The molecule has 20 heavy (non-hydrogen) atoms. The molecule has 114 valence electrons. The highest BCUT2D eigenvalue weighted by atomic mass is 32.2. The quantitative estimate of drug-likeness (QED) is 0.898. The van der Waals surface area contributed by atoms with Crippen molar-refractivity contribution in [1.29, 1.82) is 0 Å². The number of aryl methyl sites for hydroxylation is 1. The van der Waals surface area contributed by atoms with Gasteiger partial charge in [-0.25, -0.2) is 8.42 Å². The highest BCUT2D eigenvalue weighted by molar-refractivity contribution is 7.89. The minimum atomic E-state index is -3.50. The van der Waals surface area contributed by atoms with Crippen molar-refractivity contribution in [1.82, 2.24) is 4.31 Å². The Balaban J connectivity index is 2.18. The summed E-state index contributed by atoms with van der Waals surface area (Å²) in [6.45, 7) is 5.11. The molecule has 0 spiro atoms. The molecule has 0 aliphatic carbocycles. The summed E-state index contributed by atoms with van der Waals surface area (Å²) >= 11 is 1.30. The topological polar surface area (TPSA) is 66.8 Å². The normalized spacial score (nSPS) is 18.6. The summed E-state index contributed by atoms with van der Waals surface area (Å²) in [5.74, 6) is 0.